The molecule has 2 rings (SSSR count). The summed E-state index contributed by atoms with van der Waals surface area (Å²) in [5, 5.41) is 7.49. The fourth-order valence-corrected chi connectivity index (χ4v) is 2.62. The van der Waals surface area contributed by atoms with Crippen molar-refractivity contribution in [1.82, 2.24) is 25.0 Å². The molecule has 0 spiro atoms. The molecular formula is C13H25N5O. The number of rotatable bonds is 6. The fraction of sp³-hybridized carbons (Fsp3) is 0.846. The summed E-state index contributed by atoms with van der Waals surface area (Å²) in [6, 6.07) is 0.280. The van der Waals surface area contributed by atoms with E-state index in [-0.39, 0.29) is 12.1 Å². The molecule has 0 radical (unpaired) electrons. The van der Waals surface area contributed by atoms with Gasteiger partial charge in [0.15, 0.2) is 0 Å². The van der Waals surface area contributed by atoms with Crippen LogP contribution >= 0.6 is 0 Å². The monoisotopic (exact) mass is 267 g/mol. The van der Waals surface area contributed by atoms with E-state index in [0.717, 1.165) is 38.5 Å². The van der Waals surface area contributed by atoms with Gasteiger partial charge in [0.05, 0.1) is 12.7 Å². The predicted octanol–water partition coefficient (Wildman–Crippen LogP) is 0.0564. The molecule has 6 nitrogen and oxygen atoms in total. The van der Waals surface area contributed by atoms with Crippen LogP contribution in [0.3, 0.4) is 0 Å². The lowest BCUT2D eigenvalue weighted by molar-refractivity contribution is -0.0454. The van der Waals surface area contributed by atoms with Gasteiger partial charge in [0.1, 0.15) is 12.2 Å². The number of morpholine rings is 1. The molecule has 0 amide bonds. The minimum atomic E-state index is 0.224. The van der Waals surface area contributed by atoms with E-state index in [1.165, 1.54) is 6.42 Å². The highest BCUT2D eigenvalue weighted by Crippen LogP contribution is 2.12. The van der Waals surface area contributed by atoms with E-state index in [0.29, 0.717) is 0 Å². The molecule has 6 heteroatoms. The molecule has 19 heavy (non-hydrogen) atoms. The molecule has 2 heterocycles. The molecule has 0 aromatic carbocycles. The quantitative estimate of drug-likeness (QED) is 0.790. The van der Waals surface area contributed by atoms with Crippen molar-refractivity contribution in [3.8, 4) is 0 Å². The van der Waals surface area contributed by atoms with Gasteiger partial charge in [-0.1, -0.05) is 6.92 Å². The van der Waals surface area contributed by atoms with E-state index in [4.69, 9.17) is 4.74 Å². The maximum absolute atomic E-state index is 5.93. The SMILES string of the molecule is CCCN1CCOC(C(Cc2ncnn2C)NC)C1. The van der Waals surface area contributed by atoms with E-state index in [1.807, 2.05) is 18.8 Å². The van der Waals surface area contributed by atoms with Crippen molar-refractivity contribution in [3.63, 3.8) is 0 Å². The molecule has 1 fully saturated rings. The number of hydrogen-bond donors (Lipinski definition) is 1. The number of aryl methyl sites for hydroxylation is 1. The largest absolute Gasteiger partial charge is 0.374 e. The summed E-state index contributed by atoms with van der Waals surface area (Å²) in [6.07, 6.45) is 3.87. The molecule has 1 aromatic heterocycles. The molecule has 0 bridgehead atoms. The number of nitrogens with one attached hydrogen (secondary N) is 1. The molecule has 0 aliphatic carbocycles. The van der Waals surface area contributed by atoms with Crippen molar-refractivity contribution < 1.29 is 4.74 Å². The van der Waals surface area contributed by atoms with Crippen molar-refractivity contribution in [1.29, 1.82) is 0 Å². The first-order valence-corrected chi connectivity index (χ1v) is 7.08. The van der Waals surface area contributed by atoms with E-state index >= 15 is 0 Å². The molecule has 1 aliphatic rings. The lowest BCUT2D eigenvalue weighted by Crippen LogP contribution is -2.52. The van der Waals surface area contributed by atoms with E-state index in [1.54, 1.807) is 6.33 Å². The van der Waals surface area contributed by atoms with Gasteiger partial charge in [0, 0.05) is 32.6 Å². The molecule has 1 aromatic rings. The minimum Gasteiger partial charge on any atom is -0.374 e. The lowest BCUT2D eigenvalue weighted by Gasteiger charge is -2.36. The first-order valence-electron chi connectivity index (χ1n) is 7.08. The van der Waals surface area contributed by atoms with Crippen LogP contribution in [0.1, 0.15) is 19.2 Å². The van der Waals surface area contributed by atoms with Crippen LogP contribution in [0.15, 0.2) is 6.33 Å². The van der Waals surface area contributed by atoms with E-state index < -0.39 is 0 Å². The van der Waals surface area contributed by atoms with Crippen LogP contribution in [0.25, 0.3) is 0 Å². The average molecular weight is 267 g/mol. The van der Waals surface area contributed by atoms with Gasteiger partial charge >= 0.3 is 0 Å². The van der Waals surface area contributed by atoms with E-state index in [2.05, 4.69) is 27.2 Å². The Morgan fingerprint density at radius 3 is 3.05 bits per heavy atom. The summed E-state index contributed by atoms with van der Waals surface area (Å²) in [5.74, 6) is 0.996. The van der Waals surface area contributed by atoms with Crippen molar-refractivity contribution in [2.75, 3.05) is 33.3 Å². The van der Waals surface area contributed by atoms with Crippen LogP contribution in [0.4, 0.5) is 0 Å². The summed E-state index contributed by atoms with van der Waals surface area (Å²) in [7, 11) is 3.92. The van der Waals surface area contributed by atoms with E-state index in [9.17, 15) is 0 Å². The molecule has 2 atom stereocenters. The lowest BCUT2D eigenvalue weighted by atomic mass is 10.1. The second-order valence-corrected chi connectivity index (χ2v) is 5.11. The molecule has 1 N–H and O–H groups in total. The Labute approximate surface area is 115 Å². The highest BCUT2D eigenvalue weighted by Gasteiger charge is 2.27. The van der Waals surface area contributed by atoms with Gasteiger partial charge in [-0.2, -0.15) is 5.10 Å². The zero-order valence-electron chi connectivity index (χ0n) is 12.2. The van der Waals surface area contributed by atoms with Gasteiger partial charge in [-0.15, -0.1) is 0 Å². The smallest absolute Gasteiger partial charge is 0.138 e. The third-order valence-corrected chi connectivity index (χ3v) is 3.74. The Kier molecular flexibility index (Phi) is 5.30. The summed E-state index contributed by atoms with van der Waals surface area (Å²) >= 11 is 0. The summed E-state index contributed by atoms with van der Waals surface area (Å²) in [4.78, 5) is 6.78. The number of likely N-dealkylation sites (N-methyl/N-ethyl adjacent to an activating group) is 1. The Morgan fingerprint density at radius 1 is 1.58 bits per heavy atom. The fourth-order valence-electron chi connectivity index (χ4n) is 2.62. The topological polar surface area (TPSA) is 55.2 Å². The Hall–Kier alpha value is -0.980. The van der Waals surface area contributed by atoms with Gasteiger partial charge in [-0.3, -0.25) is 9.58 Å². The minimum absolute atomic E-state index is 0.224. The van der Waals surface area contributed by atoms with Gasteiger partial charge in [0.25, 0.3) is 0 Å². The Bertz CT molecular complexity index is 379. The molecule has 1 saturated heterocycles. The summed E-state index contributed by atoms with van der Waals surface area (Å²) < 4.78 is 7.76. The van der Waals surface area contributed by atoms with Crippen LogP contribution < -0.4 is 5.32 Å². The second-order valence-electron chi connectivity index (χ2n) is 5.11. The summed E-state index contributed by atoms with van der Waals surface area (Å²) in [5.41, 5.74) is 0. The van der Waals surface area contributed by atoms with Crippen LogP contribution in [-0.2, 0) is 18.2 Å². The third-order valence-electron chi connectivity index (χ3n) is 3.74. The zero-order valence-corrected chi connectivity index (χ0v) is 12.2. The first-order chi connectivity index (χ1) is 9.24. The first kappa shape index (κ1) is 14.4. The van der Waals surface area contributed by atoms with Crippen LogP contribution in [0, 0.1) is 0 Å². The maximum Gasteiger partial charge on any atom is 0.138 e. The molecule has 0 saturated carbocycles. The van der Waals surface area contributed by atoms with Crippen molar-refractivity contribution >= 4 is 0 Å². The molecule has 108 valence electrons. The normalized spacial score (nSPS) is 22.6. The number of ether oxygens (including phenoxy) is 1. The van der Waals surface area contributed by atoms with Crippen molar-refractivity contribution in [2.45, 2.75) is 31.9 Å². The van der Waals surface area contributed by atoms with Gasteiger partial charge in [0.2, 0.25) is 0 Å². The highest BCUT2D eigenvalue weighted by atomic mass is 16.5. The maximum atomic E-state index is 5.93. The molecule has 1 aliphatic heterocycles. The Balaban J connectivity index is 1.95. The van der Waals surface area contributed by atoms with Gasteiger partial charge in [-0.25, -0.2) is 4.98 Å². The number of nitrogens with zero attached hydrogens (tertiary/aromatic N) is 4. The third kappa shape index (κ3) is 3.75. The van der Waals surface area contributed by atoms with Crippen molar-refractivity contribution in [3.05, 3.63) is 12.2 Å². The number of aromatic nitrogens is 3. The zero-order chi connectivity index (χ0) is 13.7. The average Bonchev–Trinajstić information content (AvgIpc) is 2.82. The molecule has 2 unspecified atom stereocenters. The second kappa shape index (κ2) is 6.98. The predicted molar refractivity (Wildman–Crippen MR) is 74.0 cm³/mol. The van der Waals surface area contributed by atoms with Crippen molar-refractivity contribution in [2.24, 2.45) is 7.05 Å². The summed E-state index contributed by atoms with van der Waals surface area (Å²) in [6.45, 7) is 6.24. The van der Waals surface area contributed by atoms with Gasteiger partial charge in [-0.05, 0) is 20.0 Å². The van der Waals surface area contributed by atoms with Crippen LogP contribution in [0.2, 0.25) is 0 Å². The highest BCUT2D eigenvalue weighted by molar-refractivity contribution is 4.93. The number of hydrogen-bond acceptors (Lipinski definition) is 5. The standard InChI is InChI=1S/C13H25N5O/c1-4-5-18-6-7-19-12(9-18)11(14-2)8-13-15-10-16-17(13)3/h10-12,14H,4-9H2,1-3H3. The molecular weight excluding hydrogens is 242 g/mol. The van der Waals surface area contributed by atoms with Crippen LogP contribution in [0.5, 0.6) is 0 Å². The van der Waals surface area contributed by atoms with Crippen LogP contribution in [-0.4, -0.2) is 65.1 Å². The Morgan fingerprint density at radius 2 is 2.42 bits per heavy atom. The van der Waals surface area contributed by atoms with Gasteiger partial charge < -0.3 is 10.1 Å².